The second kappa shape index (κ2) is 13.0. The molecular weight excluding hydrogens is 572 g/mol. The number of para-hydroxylation sites is 2. The van der Waals surface area contributed by atoms with E-state index in [2.05, 4.69) is 45.4 Å². The van der Waals surface area contributed by atoms with Crippen molar-refractivity contribution >= 4 is 17.5 Å². The minimum atomic E-state index is -0.776. The summed E-state index contributed by atoms with van der Waals surface area (Å²) in [7, 11) is 0. The van der Waals surface area contributed by atoms with Gasteiger partial charge in [-0.25, -0.2) is 0 Å². The molecule has 7 rings (SSSR count). The van der Waals surface area contributed by atoms with E-state index in [1.165, 1.54) is 0 Å². The molecule has 1 saturated heterocycles. The number of rotatable bonds is 10. The average molecular weight is 615 g/mol. The van der Waals surface area contributed by atoms with E-state index < -0.39 is 5.41 Å². The van der Waals surface area contributed by atoms with E-state index in [1.54, 1.807) is 0 Å². The number of fused-ring (bicyclic) bond motifs is 3. The van der Waals surface area contributed by atoms with Crippen LogP contribution >= 0.6 is 0 Å². The Morgan fingerprint density at radius 3 is 2.20 bits per heavy atom. The van der Waals surface area contributed by atoms with Gasteiger partial charge in [0, 0.05) is 68.2 Å². The number of likely N-dealkylation sites (N-methyl/N-ethyl adjacent to an activating group) is 1. The van der Waals surface area contributed by atoms with Gasteiger partial charge in [-0.15, -0.1) is 0 Å². The number of unbranched alkanes of at least 4 members (excludes halogenated alkanes) is 1. The molecule has 0 atom stereocenters. The summed E-state index contributed by atoms with van der Waals surface area (Å²) in [5.74, 6) is 1.70. The molecule has 2 amide bonds. The fourth-order valence-electron chi connectivity index (χ4n) is 7.45. The molecule has 0 saturated carbocycles. The molecule has 7 nitrogen and oxygen atoms in total. The minimum Gasteiger partial charge on any atom is -0.457 e. The Balaban J connectivity index is 0.964. The second-order valence-electron chi connectivity index (χ2n) is 12.6. The number of anilines is 1. The molecule has 1 fully saturated rings. The number of carbonyl (C=O) groups excluding carboxylic acids is 2. The van der Waals surface area contributed by atoms with Crippen LogP contribution in [0.5, 0.6) is 11.5 Å². The maximum absolute atomic E-state index is 13.9. The van der Waals surface area contributed by atoms with Crippen molar-refractivity contribution < 1.29 is 14.3 Å². The zero-order valence-corrected chi connectivity index (χ0v) is 26.6. The normalized spacial score (nSPS) is 16.8. The van der Waals surface area contributed by atoms with Crippen LogP contribution in [0.15, 0.2) is 97.1 Å². The van der Waals surface area contributed by atoms with Gasteiger partial charge < -0.3 is 19.9 Å². The van der Waals surface area contributed by atoms with E-state index in [9.17, 15) is 9.59 Å². The van der Waals surface area contributed by atoms with Gasteiger partial charge in [-0.1, -0.05) is 79.2 Å². The van der Waals surface area contributed by atoms with Crippen molar-refractivity contribution in [2.75, 3.05) is 44.2 Å². The van der Waals surface area contributed by atoms with Crippen molar-refractivity contribution in [2.24, 2.45) is 0 Å². The van der Waals surface area contributed by atoms with Crippen molar-refractivity contribution in [3.8, 4) is 11.5 Å². The van der Waals surface area contributed by atoms with Crippen LogP contribution in [0.2, 0.25) is 0 Å². The van der Waals surface area contributed by atoms with Gasteiger partial charge in [-0.05, 0) is 61.7 Å². The number of amides is 2. The summed E-state index contributed by atoms with van der Waals surface area (Å²) in [6, 6.07) is 32.6. The zero-order valence-electron chi connectivity index (χ0n) is 26.6. The lowest BCUT2D eigenvalue weighted by Gasteiger charge is -2.39. The molecule has 7 heteroatoms. The molecular formula is C39H42N4O3. The highest BCUT2D eigenvalue weighted by atomic mass is 16.5. The van der Waals surface area contributed by atoms with Gasteiger partial charge in [0.25, 0.3) is 5.91 Å². The third-order valence-corrected chi connectivity index (χ3v) is 9.84. The van der Waals surface area contributed by atoms with Crippen LogP contribution in [0.1, 0.15) is 58.8 Å². The number of carbonyl (C=O) groups is 2. The van der Waals surface area contributed by atoms with Crippen molar-refractivity contribution in [2.45, 2.75) is 44.7 Å². The van der Waals surface area contributed by atoms with Gasteiger partial charge in [0.1, 0.15) is 16.9 Å². The van der Waals surface area contributed by atoms with E-state index in [0.717, 1.165) is 97.0 Å². The van der Waals surface area contributed by atoms with Gasteiger partial charge >= 0.3 is 0 Å². The molecule has 4 aromatic rings. The highest BCUT2D eigenvalue weighted by Crippen LogP contribution is 2.50. The third kappa shape index (κ3) is 5.64. The van der Waals surface area contributed by atoms with Gasteiger partial charge in [0.15, 0.2) is 0 Å². The Labute approximate surface area is 271 Å². The van der Waals surface area contributed by atoms with Gasteiger partial charge in [-0.3, -0.25) is 14.5 Å². The number of benzene rings is 4. The monoisotopic (exact) mass is 614 g/mol. The first-order chi connectivity index (χ1) is 22.6. The van der Waals surface area contributed by atoms with Gasteiger partial charge in [0.2, 0.25) is 5.91 Å². The lowest BCUT2D eigenvalue weighted by Crippen LogP contribution is -2.47. The highest BCUT2D eigenvalue weighted by Gasteiger charge is 2.47. The standard InChI is InChI=1S/C39H42N4O3/c1-2-40-38(45)39(33-14-6-8-16-35(33)46-36-17-9-7-15-34(36)39)20-10-11-21-41-22-24-42(25-23-41)31-19-18-30-28-43(37(44)32(30)26-31)27-29-12-4-3-5-13-29/h3-9,12-19,26H,2,10-11,20-25,27-28H2,1H3,(H,40,45). The molecule has 3 aliphatic heterocycles. The smallest absolute Gasteiger partial charge is 0.254 e. The van der Waals surface area contributed by atoms with Crippen molar-refractivity contribution in [3.63, 3.8) is 0 Å². The molecule has 0 aliphatic carbocycles. The molecule has 3 heterocycles. The summed E-state index contributed by atoms with van der Waals surface area (Å²) in [6.07, 6.45) is 2.66. The SMILES string of the molecule is CCNC(=O)C1(CCCCN2CCN(c3ccc4c(c3)C(=O)N(Cc3ccccc3)C4)CC2)c2ccccc2Oc2ccccc21. The predicted octanol–water partition coefficient (Wildman–Crippen LogP) is 6.36. The van der Waals surface area contributed by atoms with Crippen molar-refractivity contribution in [3.05, 3.63) is 125 Å². The number of hydrogen-bond donors (Lipinski definition) is 1. The van der Waals surface area contributed by atoms with Crippen LogP contribution in [0.25, 0.3) is 0 Å². The number of piperazine rings is 1. The molecule has 236 valence electrons. The Hall–Kier alpha value is -4.62. The Morgan fingerprint density at radius 2 is 1.50 bits per heavy atom. The Morgan fingerprint density at radius 1 is 0.826 bits per heavy atom. The molecule has 0 radical (unpaired) electrons. The second-order valence-corrected chi connectivity index (χ2v) is 12.6. The van der Waals surface area contributed by atoms with E-state index in [0.29, 0.717) is 19.6 Å². The Bertz CT molecular complexity index is 1670. The van der Waals surface area contributed by atoms with E-state index in [-0.39, 0.29) is 11.8 Å². The molecule has 46 heavy (non-hydrogen) atoms. The zero-order chi connectivity index (χ0) is 31.5. The lowest BCUT2D eigenvalue weighted by atomic mass is 9.68. The summed E-state index contributed by atoms with van der Waals surface area (Å²) in [6.45, 7) is 8.68. The summed E-state index contributed by atoms with van der Waals surface area (Å²) >= 11 is 0. The van der Waals surface area contributed by atoms with Crippen LogP contribution in [0.4, 0.5) is 5.69 Å². The molecule has 1 N–H and O–H groups in total. The fraction of sp³-hybridized carbons (Fsp3) is 0.333. The molecule has 0 bridgehead atoms. The Kier molecular flexibility index (Phi) is 8.50. The first-order valence-corrected chi connectivity index (χ1v) is 16.7. The van der Waals surface area contributed by atoms with E-state index in [4.69, 9.17) is 4.74 Å². The maximum atomic E-state index is 13.9. The molecule has 0 unspecified atom stereocenters. The third-order valence-electron chi connectivity index (χ3n) is 9.84. The average Bonchev–Trinajstić information content (AvgIpc) is 3.40. The fourth-order valence-corrected chi connectivity index (χ4v) is 7.45. The van der Waals surface area contributed by atoms with Crippen LogP contribution in [-0.2, 0) is 23.3 Å². The summed E-state index contributed by atoms with van der Waals surface area (Å²) < 4.78 is 6.25. The predicted molar refractivity (Wildman–Crippen MR) is 181 cm³/mol. The highest BCUT2D eigenvalue weighted by molar-refractivity contribution is 5.99. The van der Waals surface area contributed by atoms with Crippen LogP contribution in [0, 0.1) is 0 Å². The molecule has 4 aromatic carbocycles. The number of nitrogens with zero attached hydrogens (tertiary/aromatic N) is 3. The summed E-state index contributed by atoms with van der Waals surface area (Å²) in [4.78, 5) is 34.0. The number of ether oxygens (including phenoxy) is 1. The first kappa shape index (κ1) is 30.1. The topological polar surface area (TPSA) is 65.1 Å². The number of nitrogens with one attached hydrogen (secondary N) is 1. The maximum Gasteiger partial charge on any atom is 0.254 e. The van der Waals surface area contributed by atoms with E-state index >= 15 is 0 Å². The van der Waals surface area contributed by atoms with Crippen LogP contribution in [-0.4, -0.2) is 60.9 Å². The lowest BCUT2D eigenvalue weighted by molar-refractivity contribution is -0.125. The minimum absolute atomic E-state index is 0.0443. The van der Waals surface area contributed by atoms with Crippen molar-refractivity contribution in [1.82, 2.24) is 15.1 Å². The number of hydrogen-bond acceptors (Lipinski definition) is 5. The van der Waals surface area contributed by atoms with E-state index in [1.807, 2.05) is 78.6 Å². The van der Waals surface area contributed by atoms with Crippen LogP contribution in [0.3, 0.4) is 0 Å². The van der Waals surface area contributed by atoms with Gasteiger partial charge in [0.05, 0.1) is 0 Å². The van der Waals surface area contributed by atoms with Gasteiger partial charge in [-0.2, -0.15) is 0 Å². The quantitative estimate of drug-likeness (QED) is 0.211. The molecule has 3 aliphatic rings. The summed E-state index contributed by atoms with van der Waals surface area (Å²) in [5.41, 5.74) is 5.36. The molecule has 0 aromatic heterocycles. The van der Waals surface area contributed by atoms with Crippen molar-refractivity contribution in [1.29, 1.82) is 0 Å². The first-order valence-electron chi connectivity index (χ1n) is 16.7. The summed E-state index contributed by atoms with van der Waals surface area (Å²) in [5, 5.41) is 3.15. The largest absolute Gasteiger partial charge is 0.457 e. The molecule has 0 spiro atoms. The van der Waals surface area contributed by atoms with Crippen LogP contribution < -0.4 is 15.0 Å².